The molecule has 0 aliphatic heterocycles. The average Bonchev–Trinajstić information content (AvgIpc) is 2.37. The Balaban J connectivity index is 1.72. The van der Waals surface area contributed by atoms with Gasteiger partial charge < -0.3 is 15.7 Å². The van der Waals surface area contributed by atoms with Gasteiger partial charge in [0.1, 0.15) is 0 Å². The SMILES string of the molecule is CCCC(NC(=O)NC1CCC(C(=O)O)CC1)C1CCC1. The van der Waals surface area contributed by atoms with Gasteiger partial charge in [-0.3, -0.25) is 4.79 Å². The summed E-state index contributed by atoms with van der Waals surface area (Å²) < 4.78 is 0. The first-order valence-electron chi connectivity index (χ1n) is 8.40. The van der Waals surface area contributed by atoms with Crippen molar-refractivity contribution in [3.8, 4) is 0 Å². The van der Waals surface area contributed by atoms with E-state index in [1.165, 1.54) is 19.3 Å². The van der Waals surface area contributed by atoms with Crippen molar-refractivity contribution < 1.29 is 14.7 Å². The second-order valence-corrected chi connectivity index (χ2v) is 6.59. The van der Waals surface area contributed by atoms with Crippen LogP contribution in [0.3, 0.4) is 0 Å². The largest absolute Gasteiger partial charge is 0.481 e. The van der Waals surface area contributed by atoms with E-state index in [0.29, 0.717) is 24.8 Å². The first-order valence-corrected chi connectivity index (χ1v) is 8.40. The molecule has 0 aromatic heterocycles. The molecule has 2 aliphatic carbocycles. The van der Waals surface area contributed by atoms with Gasteiger partial charge in [0.05, 0.1) is 5.92 Å². The van der Waals surface area contributed by atoms with Crippen molar-refractivity contribution in [2.45, 2.75) is 76.8 Å². The predicted octanol–water partition coefficient (Wildman–Crippen LogP) is 2.90. The van der Waals surface area contributed by atoms with Crippen molar-refractivity contribution in [1.29, 1.82) is 0 Å². The fraction of sp³-hybridized carbons (Fsp3) is 0.875. The summed E-state index contributed by atoms with van der Waals surface area (Å²) in [6, 6.07) is 0.363. The summed E-state index contributed by atoms with van der Waals surface area (Å²) in [5.74, 6) is -0.279. The van der Waals surface area contributed by atoms with Crippen molar-refractivity contribution in [3.05, 3.63) is 0 Å². The Morgan fingerprint density at radius 3 is 2.29 bits per heavy atom. The topological polar surface area (TPSA) is 78.4 Å². The van der Waals surface area contributed by atoms with E-state index in [4.69, 9.17) is 5.11 Å². The Hall–Kier alpha value is -1.26. The molecule has 0 radical (unpaired) electrons. The molecule has 5 nitrogen and oxygen atoms in total. The lowest BCUT2D eigenvalue weighted by Gasteiger charge is -2.35. The third kappa shape index (κ3) is 4.61. The van der Waals surface area contributed by atoms with Crippen LogP contribution in [-0.4, -0.2) is 29.2 Å². The number of carboxylic acid groups (broad SMARTS) is 1. The molecule has 0 aromatic carbocycles. The molecule has 1 unspecified atom stereocenters. The molecule has 3 N–H and O–H groups in total. The summed E-state index contributed by atoms with van der Waals surface area (Å²) in [7, 11) is 0. The van der Waals surface area contributed by atoms with Gasteiger partial charge in [-0.25, -0.2) is 4.79 Å². The minimum atomic E-state index is -0.703. The molecule has 2 rings (SSSR count). The van der Waals surface area contributed by atoms with Crippen molar-refractivity contribution in [2.24, 2.45) is 11.8 Å². The van der Waals surface area contributed by atoms with E-state index in [2.05, 4.69) is 17.6 Å². The second-order valence-electron chi connectivity index (χ2n) is 6.59. The van der Waals surface area contributed by atoms with E-state index in [1.807, 2.05) is 0 Å². The van der Waals surface area contributed by atoms with Crippen LogP contribution in [-0.2, 0) is 4.79 Å². The first-order chi connectivity index (χ1) is 10.1. The fourth-order valence-corrected chi connectivity index (χ4v) is 3.46. The van der Waals surface area contributed by atoms with Crippen molar-refractivity contribution in [2.75, 3.05) is 0 Å². The van der Waals surface area contributed by atoms with E-state index >= 15 is 0 Å². The number of hydrogen-bond acceptors (Lipinski definition) is 2. The minimum Gasteiger partial charge on any atom is -0.481 e. The molecule has 0 aromatic rings. The quantitative estimate of drug-likeness (QED) is 0.705. The Bertz CT molecular complexity index is 361. The summed E-state index contributed by atoms with van der Waals surface area (Å²) in [5, 5.41) is 15.1. The lowest BCUT2D eigenvalue weighted by molar-refractivity contribution is -0.142. The molecule has 21 heavy (non-hydrogen) atoms. The first kappa shape index (κ1) is 16.1. The third-order valence-electron chi connectivity index (χ3n) is 5.05. The molecule has 2 amide bonds. The van der Waals surface area contributed by atoms with Gasteiger partial charge in [-0.1, -0.05) is 19.8 Å². The van der Waals surface area contributed by atoms with Gasteiger partial charge in [0, 0.05) is 12.1 Å². The number of carbonyl (C=O) groups excluding carboxylic acids is 1. The lowest BCUT2D eigenvalue weighted by atomic mass is 9.78. The number of amides is 2. The maximum absolute atomic E-state index is 12.1. The normalized spacial score (nSPS) is 27.5. The highest BCUT2D eigenvalue weighted by Crippen LogP contribution is 2.31. The molecule has 120 valence electrons. The van der Waals surface area contributed by atoms with Gasteiger partial charge in [0.25, 0.3) is 0 Å². The highest BCUT2D eigenvalue weighted by molar-refractivity contribution is 5.74. The van der Waals surface area contributed by atoms with Crippen LogP contribution in [0.25, 0.3) is 0 Å². The maximum Gasteiger partial charge on any atom is 0.315 e. The molecular weight excluding hydrogens is 268 g/mol. The van der Waals surface area contributed by atoms with Crippen molar-refractivity contribution in [3.63, 3.8) is 0 Å². The van der Waals surface area contributed by atoms with Crippen LogP contribution in [0, 0.1) is 11.8 Å². The maximum atomic E-state index is 12.1. The van der Waals surface area contributed by atoms with Gasteiger partial charge in [-0.15, -0.1) is 0 Å². The number of urea groups is 1. The predicted molar refractivity (Wildman–Crippen MR) is 81.1 cm³/mol. The van der Waals surface area contributed by atoms with E-state index in [9.17, 15) is 9.59 Å². The molecule has 0 bridgehead atoms. The summed E-state index contributed by atoms with van der Waals surface area (Å²) >= 11 is 0. The zero-order chi connectivity index (χ0) is 15.2. The van der Waals surface area contributed by atoms with Gasteiger partial charge in [0.2, 0.25) is 0 Å². The molecule has 0 heterocycles. The van der Waals surface area contributed by atoms with Crippen LogP contribution in [0.1, 0.15) is 64.7 Å². The average molecular weight is 296 g/mol. The van der Waals surface area contributed by atoms with Crippen LogP contribution in [0.4, 0.5) is 4.79 Å². The minimum absolute atomic E-state index is 0.0703. The van der Waals surface area contributed by atoms with Crippen molar-refractivity contribution >= 4 is 12.0 Å². The summed E-state index contributed by atoms with van der Waals surface area (Å²) in [6.07, 6.45) is 8.76. The highest BCUT2D eigenvalue weighted by atomic mass is 16.4. The van der Waals surface area contributed by atoms with Crippen LogP contribution in [0.2, 0.25) is 0 Å². The molecule has 0 spiro atoms. The lowest BCUT2D eigenvalue weighted by Crippen LogP contribution is -2.50. The Kier molecular flexibility index (Phi) is 5.88. The standard InChI is InChI=1S/C16H28N2O3/c1-2-4-14(11-5-3-6-11)18-16(21)17-13-9-7-12(8-10-13)15(19)20/h11-14H,2-10H2,1H3,(H,19,20)(H2,17,18,21). The number of carbonyl (C=O) groups is 2. The number of nitrogens with one attached hydrogen (secondary N) is 2. The number of carboxylic acids is 1. The Morgan fingerprint density at radius 1 is 1.14 bits per heavy atom. The molecule has 2 aliphatic rings. The molecule has 2 saturated carbocycles. The smallest absolute Gasteiger partial charge is 0.315 e. The van der Waals surface area contributed by atoms with E-state index in [0.717, 1.165) is 25.7 Å². The fourth-order valence-electron chi connectivity index (χ4n) is 3.46. The number of hydrogen-bond donors (Lipinski definition) is 3. The Morgan fingerprint density at radius 2 is 1.81 bits per heavy atom. The third-order valence-corrected chi connectivity index (χ3v) is 5.05. The zero-order valence-electron chi connectivity index (χ0n) is 12.9. The monoisotopic (exact) mass is 296 g/mol. The second kappa shape index (κ2) is 7.66. The number of rotatable bonds is 6. The van der Waals surface area contributed by atoms with Crippen LogP contribution < -0.4 is 10.6 Å². The molecule has 5 heteroatoms. The van der Waals surface area contributed by atoms with Gasteiger partial charge in [0.15, 0.2) is 0 Å². The van der Waals surface area contributed by atoms with Crippen LogP contribution >= 0.6 is 0 Å². The van der Waals surface area contributed by atoms with Crippen LogP contribution in [0.15, 0.2) is 0 Å². The van der Waals surface area contributed by atoms with Crippen molar-refractivity contribution in [1.82, 2.24) is 10.6 Å². The van der Waals surface area contributed by atoms with E-state index in [1.54, 1.807) is 0 Å². The molecule has 0 saturated heterocycles. The number of aliphatic carboxylic acids is 1. The molecule has 2 fully saturated rings. The molecular formula is C16H28N2O3. The summed E-state index contributed by atoms with van der Waals surface area (Å²) in [6.45, 7) is 2.15. The highest BCUT2D eigenvalue weighted by Gasteiger charge is 2.30. The van der Waals surface area contributed by atoms with E-state index < -0.39 is 5.97 Å². The van der Waals surface area contributed by atoms with Gasteiger partial charge in [-0.05, 0) is 50.9 Å². The zero-order valence-corrected chi connectivity index (χ0v) is 12.9. The van der Waals surface area contributed by atoms with E-state index in [-0.39, 0.29) is 18.0 Å². The Labute approximate surface area is 126 Å². The summed E-state index contributed by atoms with van der Waals surface area (Å²) in [5.41, 5.74) is 0. The van der Waals surface area contributed by atoms with Crippen LogP contribution in [0.5, 0.6) is 0 Å². The molecule has 1 atom stereocenters. The van der Waals surface area contributed by atoms with Gasteiger partial charge in [-0.2, -0.15) is 0 Å². The summed E-state index contributed by atoms with van der Waals surface area (Å²) in [4.78, 5) is 23.0. The van der Waals surface area contributed by atoms with Gasteiger partial charge >= 0.3 is 12.0 Å².